The summed E-state index contributed by atoms with van der Waals surface area (Å²) in [6.45, 7) is 4.15. The van der Waals surface area contributed by atoms with Crippen LogP contribution in [-0.4, -0.2) is 52.6 Å². The summed E-state index contributed by atoms with van der Waals surface area (Å²) in [5, 5.41) is 11.4. The highest BCUT2D eigenvalue weighted by atomic mass is 19.1. The molecule has 0 saturated carbocycles. The van der Waals surface area contributed by atoms with E-state index < -0.39 is 5.82 Å². The van der Waals surface area contributed by atoms with Crippen LogP contribution in [0.5, 0.6) is 11.6 Å². The largest absolute Gasteiger partial charge is 0.438 e. The zero-order valence-corrected chi connectivity index (χ0v) is 18.5. The Morgan fingerprint density at radius 1 is 1.09 bits per heavy atom. The van der Waals surface area contributed by atoms with Crippen molar-refractivity contribution >= 4 is 11.6 Å². The van der Waals surface area contributed by atoms with Crippen molar-refractivity contribution in [3.63, 3.8) is 0 Å². The molecule has 2 aromatic carbocycles. The maximum absolute atomic E-state index is 13.8. The Labute approximate surface area is 195 Å². The molecule has 0 atom stereocenters. The highest BCUT2D eigenvalue weighted by Gasteiger charge is 2.27. The predicted octanol–water partition coefficient (Wildman–Crippen LogP) is 3.71. The lowest BCUT2D eigenvalue weighted by atomic mass is 10.0. The molecule has 0 amide bonds. The number of hydrogen-bond acceptors (Lipinski definition) is 8. The van der Waals surface area contributed by atoms with Crippen molar-refractivity contribution in [2.45, 2.75) is 19.5 Å². The van der Waals surface area contributed by atoms with Crippen LogP contribution in [-0.2, 0) is 24.2 Å². The van der Waals surface area contributed by atoms with Gasteiger partial charge in [0.2, 0.25) is 11.8 Å². The first-order chi connectivity index (χ1) is 16.6. The quantitative estimate of drug-likeness (QED) is 0.402. The van der Waals surface area contributed by atoms with Crippen molar-refractivity contribution in [1.29, 1.82) is 0 Å². The molecule has 2 aliphatic heterocycles. The van der Waals surface area contributed by atoms with Crippen molar-refractivity contribution < 1.29 is 18.8 Å². The number of ether oxygens (including phenoxy) is 2. The van der Waals surface area contributed by atoms with E-state index in [0.29, 0.717) is 75.5 Å². The molecule has 5 rings (SSSR count). The van der Waals surface area contributed by atoms with Crippen molar-refractivity contribution in [3.05, 3.63) is 81.3 Å². The number of nitro groups is 1. The highest BCUT2D eigenvalue weighted by Crippen LogP contribution is 2.33. The molecule has 9 nitrogen and oxygen atoms in total. The fraction of sp³-hybridized carbons (Fsp3) is 0.333. The standard InChI is InChI=1S/C24H24FN5O4/c25-18-5-3-6-19(14-18)34-23-20-16-28(15-17-4-1-2-7-22(17)30(31)32)9-8-21(20)26-24(27-23)29-10-12-33-13-11-29/h1-7,14H,8-13,15-16H2. The van der Waals surface area contributed by atoms with Crippen molar-refractivity contribution in [2.24, 2.45) is 0 Å². The summed E-state index contributed by atoms with van der Waals surface area (Å²) < 4.78 is 25.3. The van der Waals surface area contributed by atoms with Gasteiger partial charge in [-0.1, -0.05) is 24.3 Å². The van der Waals surface area contributed by atoms with Crippen molar-refractivity contribution in [1.82, 2.24) is 14.9 Å². The van der Waals surface area contributed by atoms with Crippen molar-refractivity contribution in [2.75, 3.05) is 37.7 Å². The van der Waals surface area contributed by atoms with E-state index in [2.05, 4.69) is 9.80 Å². The van der Waals surface area contributed by atoms with Gasteiger partial charge in [0.15, 0.2) is 0 Å². The van der Waals surface area contributed by atoms with E-state index in [4.69, 9.17) is 19.4 Å². The zero-order valence-electron chi connectivity index (χ0n) is 18.5. The first-order valence-electron chi connectivity index (χ1n) is 11.2. The van der Waals surface area contributed by atoms with Gasteiger partial charge in [-0.3, -0.25) is 15.0 Å². The van der Waals surface area contributed by atoms with Crippen LogP contribution in [0.2, 0.25) is 0 Å². The van der Waals surface area contributed by atoms with Gasteiger partial charge in [0.1, 0.15) is 11.6 Å². The Balaban J connectivity index is 1.46. The molecule has 0 N–H and O–H groups in total. The number of fused-ring (bicyclic) bond motifs is 1. The minimum Gasteiger partial charge on any atom is -0.438 e. The summed E-state index contributed by atoms with van der Waals surface area (Å²) in [5.41, 5.74) is 2.44. The van der Waals surface area contributed by atoms with Gasteiger partial charge in [0.05, 0.1) is 29.4 Å². The Morgan fingerprint density at radius 3 is 2.71 bits per heavy atom. The summed E-state index contributed by atoms with van der Waals surface area (Å²) in [6, 6.07) is 12.7. The molecule has 176 valence electrons. The molecule has 34 heavy (non-hydrogen) atoms. The van der Waals surface area contributed by atoms with Crippen LogP contribution in [0, 0.1) is 15.9 Å². The average molecular weight is 465 g/mol. The van der Waals surface area contributed by atoms with E-state index in [9.17, 15) is 14.5 Å². The summed E-state index contributed by atoms with van der Waals surface area (Å²) in [6.07, 6.45) is 0.648. The van der Waals surface area contributed by atoms with Gasteiger partial charge in [-0.2, -0.15) is 4.98 Å². The molecule has 0 radical (unpaired) electrons. The third-order valence-corrected chi connectivity index (χ3v) is 5.98. The number of para-hydroxylation sites is 1. The van der Waals surface area contributed by atoms with Crippen LogP contribution >= 0.6 is 0 Å². The Bertz CT molecular complexity index is 1200. The van der Waals surface area contributed by atoms with Gasteiger partial charge in [0.25, 0.3) is 5.69 Å². The molecule has 10 heteroatoms. The third-order valence-electron chi connectivity index (χ3n) is 5.98. The van der Waals surface area contributed by atoms with Crippen LogP contribution in [0.3, 0.4) is 0 Å². The Kier molecular flexibility index (Phi) is 6.33. The lowest BCUT2D eigenvalue weighted by molar-refractivity contribution is -0.385. The zero-order chi connectivity index (χ0) is 23.5. The summed E-state index contributed by atoms with van der Waals surface area (Å²) in [5.74, 6) is 0.904. The minimum absolute atomic E-state index is 0.100. The lowest BCUT2D eigenvalue weighted by Crippen LogP contribution is -2.38. The van der Waals surface area contributed by atoms with Crippen LogP contribution < -0.4 is 9.64 Å². The Hall–Kier alpha value is -3.63. The molecule has 1 aromatic heterocycles. The van der Waals surface area contributed by atoms with Gasteiger partial charge < -0.3 is 14.4 Å². The number of hydrogen-bond donors (Lipinski definition) is 0. The van der Waals surface area contributed by atoms with Crippen LogP contribution in [0.1, 0.15) is 16.8 Å². The third kappa shape index (κ3) is 4.82. The molecule has 0 aliphatic carbocycles. The van der Waals surface area contributed by atoms with E-state index in [0.717, 1.165) is 11.3 Å². The highest BCUT2D eigenvalue weighted by molar-refractivity contribution is 5.44. The summed E-state index contributed by atoms with van der Waals surface area (Å²) in [4.78, 5) is 24.8. The molecule has 0 unspecified atom stereocenters. The number of benzene rings is 2. The van der Waals surface area contributed by atoms with E-state index in [1.165, 1.54) is 18.2 Å². The molecule has 0 bridgehead atoms. The fourth-order valence-corrected chi connectivity index (χ4v) is 4.26. The maximum Gasteiger partial charge on any atom is 0.273 e. The second-order valence-corrected chi connectivity index (χ2v) is 8.26. The van der Waals surface area contributed by atoms with Gasteiger partial charge >= 0.3 is 0 Å². The molecule has 2 aliphatic rings. The number of morpholine rings is 1. The molecule has 0 spiro atoms. The molecule has 1 fully saturated rings. The number of anilines is 1. The summed E-state index contributed by atoms with van der Waals surface area (Å²) in [7, 11) is 0. The van der Waals surface area contributed by atoms with Gasteiger partial charge in [-0.05, 0) is 12.1 Å². The average Bonchev–Trinajstić information content (AvgIpc) is 2.85. The monoisotopic (exact) mass is 465 g/mol. The Morgan fingerprint density at radius 2 is 1.91 bits per heavy atom. The lowest BCUT2D eigenvalue weighted by Gasteiger charge is -2.31. The maximum atomic E-state index is 13.8. The number of nitrogens with zero attached hydrogens (tertiary/aromatic N) is 5. The number of nitro benzene ring substituents is 1. The SMILES string of the molecule is O=[N+]([O-])c1ccccc1CN1CCc2nc(N3CCOCC3)nc(Oc3cccc(F)c3)c2C1. The minimum atomic E-state index is -0.396. The number of aromatic nitrogens is 2. The van der Waals surface area contributed by atoms with Crippen LogP contribution in [0.4, 0.5) is 16.0 Å². The number of halogens is 1. The van der Waals surface area contributed by atoms with E-state index in [1.807, 2.05) is 0 Å². The first kappa shape index (κ1) is 22.2. The molecular formula is C24H24FN5O4. The predicted molar refractivity (Wildman–Crippen MR) is 122 cm³/mol. The second kappa shape index (κ2) is 9.70. The molecule has 3 heterocycles. The first-order valence-corrected chi connectivity index (χ1v) is 11.2. The van der Waals surface area contributed by atoms with Gasteiger partial charge in [0, 0.05) is 56.8 Å². The van der Waals surface area contributed by atoms with Gasteiger partial charge in [-0.15, -0.1) is 0 Å². The smallest absolute Gasteiger partial charge is 0.273 e. The molecule has 3 aromatic rings. The topological polar surface area (TPSA) is 93.9 Å². The van der Waals surface area contributed by atoms with E-state index in [-0.39, 0.29) is 10.6 Å². The van der Waals surface area contributed by atoms with Gasteiger partial charge in [-0.25, -0.2) is 9.37 Å². The van der Waals surface area contributed by atoms with Crippen molar-refractivity contribution in [3.8, 4) is 11.6 Å². The second-order valence-electron chi connectivity index (χ2n) is 8.26. The van der Waals surface area contributed by atoms with E-state index in [1.54, 1.807) is 30.3 Å². The van der Waals surface area contributed by atoms with Crippen LogP contribution in [0.25, 0.3) is 0 Å². The normalized spacial score (nSPS) is 16.2. The van der Waals surface area contributed by atoms with Crippen LogP contribution in [0.15, 0.2) is 48.5 Å². The fourth-order valence-electron chi connectivity index (χ4n) is 4.26. The number of rotatable bonds is 6. The van der Waals surface area contributed by atoms with E-state index >= 15 is 0 Å². The molecular weight excluding hydrogens is 441 g/mol. The summed E-state index contributed by atoms with van der Waals surface area (Å²) >= 11 is 0. The molecule has 1 saturated heterocycles.